The van der Waals surface area contributed by atoms with Gasteiger partial charge in [0.15, 0.2) is 0 Å². The number of hydrogen-bond donors (Lipinski definition) is 2. The van der Waals surface area contributed by atoms with E-state index in [4.69, 9.17) is 15.2 Å². The van der Waals surface area contributed by atoms with Crippen LogP contribution in [0.1, 0.15) is 25.8 Å². The molecule has 0 bridgehead atoms. The minimum absolute atomic E-state index is 0.0960. The maximum Gasteiger partial charge on any atom is 0.120 e. The van der Waals surface area contributed by atoms with Crippen molar-refractivity contribution in [3.8, 4) is 5.75 Å². The van der Waals surface area contributed by atoms with E-state index in [9.17, 15) is 5.11 Å². The molecule has 102 valence electrons. The third-order valence-corrected chi connectivity index (χ3v) is 2.71. The Morgan fingerprint density at radius 3 is 2.78 bits per heavy atom. The second-order valence-corrected chi connectivity index (χ2v) is 4.91. The van der Waals surface area contributed by atoms with Crippen LogP contribution in [0.15, 0.2) is 24.3 Å². The summed E-state index contributed by atoms with van der Waals surface area (Å²) in [5, 5.41) is 9.89. The molecule has 0 spiro atoms. The molecule has 1 rings (SSSR count). The molecule has 1 aromatic rings. The van der Waals surface area contributed by atoms with Crippen molar-refractivity contribution in [1.29, 1.82) is 0 Å². The van der Waals surface area contributed by atoms with E-state index in [1.54, 1.807) is 14.0 Å². The van der Waals surface area contributed by atoms with Crippen LogP contribution in [0.5, 0.6) is 5.75 Å². The minimum Gasteiger partial charge on any atom is -0.491 e. The summed E-state index contributed by atoms with van der Waals surface area (Å²) < 4.78 is 10.8. The molecule has 0 fully saturated rings. The van der Waals surface area contributed by atoms with E-state index in [-0.39, 0.29) is 12.6 Å². The average molecular weight is 253 g/mol. The average Bonchev–Trinajstić information content (AvgIpc) is 2.29. The molecule has 4 nitrogen and oxygen atoms in total. The summed E-state index contributed by atoms with van der Waals surface area (Å²) in [6.07, 6.45) is 0.402. The molecular formula is C14H23NO3. The van der Waals surface area contributed by atoms with Crippen LogP contribution >= 0.6 is 0 Å². The molecule has 0 aliphatic rings. The van der Waals surface area contributed by atoms with Gasteiger partial charge in [-0.2, -0.15) is 0 Å². The molecule has 0 aliphatic carbocycles. The highest BCUT2D eigenvalue weighted by molar-refractivity contribution is 5.28. The lowest BCUT2D eigenvalue weighted by atomic mass is 9.99. The minimum atomic E-state index is -0.885. The predicted octanol–water partition coefficient (Wildman–Crippen LogP) is 1.70. The monoisotopic (exact) mass is 253 g/mol. The number of ether oxygens (including phenoxy) is 2. The molecule has 18 heavy (non-hydrogen) atoms. The normalized spacial score (nSPS) is 16.1. The van der Waals surface area contributed by atoms with Crippen LogP contribution < -0.4 is 10.5 Å². The van der Waals surface area contributed by atoms with Gasteiger partial charge in [0.05, 0.1) is 18.3 Å². The van der Waals surface area contributed by atoms with Crippen molar-refractivity contribution in [2.75, 3.05) is 13.7 Å². The summed E-state index contributed by atoms with van der Waals surface area (Å²) in [6, 6.07) is 7.75. The van der Waals surface area contributed by atoms with E-state index in [0.29, 0.717) is 13.0 Å². The molecule has 0 aromatic heterocycles. The second-order valence-electron chi connectivity index (χ2n) is 4.91. The van der Waals surface area contributed by atoms with Gasteiger partial charge in [0.1, 0.15) is 5.75 Å². The fraction of sp³-hybridized carbons (Fsp3) is 0.571. The number of benzene rings is 1. The standard InChI is InChI=1S/C14H23NO3/c1-11(8-14(2,16)10-15)18-13-6-4-5-12(7-13)9-17-3/h4-7,11,16H,8-10,15H2,1-3H3. The van der Waals surface area contributed by atoms with E-state index >= 15 is 0 Å². The lowest BCUT2D eigenvalue weighted by molar-refractivity contribution is 0.0237. The van der Waals surface area contributed by atoms with Crippen molar-refractivity contribution in [3.05, 3.63) is 29.8 Å². The Morgan fingerprint density at radius 1 is 1.44 bits per heavy atom. The summed E-state index contributed by atoms with van der Waals surface area (Å²) in [5.41, 5.74) is 5.67. The van der Waals surface area contributed by atoms with Crippen molar-refractivity contribution in [2.24, 2.45) is 5.73 Å². The van der Waals surface area contributed by atoms with Gasteiger partial charge in [0, 0.05) is 20.1 Å². The zero-order chi connectivity index (χ0) is 13.6. The molecule has 0 aliphatic heterocycles. The van der Waals surface area contributed by atoms with E-state index in [1.807, 2.05) is 31.2 Å². The number of nitrogens with two attached hydrogens (primary N) is 1. The summed E-state index contributed by atoms with van der Waals surface area (Å²) in [4.78, 5) is 0. The molecule has 3 N–H and O–H groups in total. The molecular weight excluding hydrogens is 230 g/mol. The van der Waals surface area contributed by atoms with Crippen LogP contribution in [0.2, 0.25) is 0 Å². The molecule has 0 amide bonds. The quantitative estimate of drug-likeness (QED) is 0.776. The predicted molar refractivity (Wildman–Crippen MR) is 71.5 cm³/mol. The summed E-state index contributed by atoms with van der Waals surface area (Å²) in [6.45, 7) is 4.43. The Morgan fingerprint density at radius 2 is 2.17 bits per heavy atom. The third kappa shape index (κ3) is 5.04. The summed E-state index contributed by atoms with van der Waals surface area (Å²) in [7, 11) is 1.66. The number of rotatable bonds is 7. The molecule has 1 aromatic carbocycles. The van der Waals surface area contributed by atoms with Crippen molar-refractivity contribution < 1.29 is 14.6 Å². The summed E-state index contributed by atoms with van der Waals surface area (Å²) in [5.74, 6) is 0.782. The Balaban J connectivity index is 2.58. The van der Waals surface area contributed by atoms with Crippen LogP contribution in [0.4, 0.5) is 0 Å². The molecule has 0 heterocycles. The van der Waals surface area contributed by atoms with Gasteiger partial charge in [-0.1, -0.05) is 12.1 Å². The van der Waals surface area contributed by atoms with E-state index in [1.165, 1.54) is 0 Å². The first-order valence-electron chi connectivity index (χ1n) is 6.14. The highest BCUT2D eigenvalue weighted by atomic mass is 16.5. The van der Waals surface area contributed by atoms with Crippen LogP contribution in [-0.4, -0.2) is 30.5 Å². The van der Waals surface area contributed by atoms with Gasteiger partial charge >= 0.3 is 0 Å². The first-order valence-corrected chi connectivity index (χ1v) is 6.14. The van der Waals surface area contributed by atoms with Crippen LogP contribution in [0.3, 0.4) is 0 Å². The summed E-state index contributed by atoms with van der Waals surface area (Å²) >= 11 is 0. The zero-order valence-corrected chi connectivity index (χ0v) is 11.3. The van der Waals surface area contributed by atoms with Gasteiger partial charge in [0.25, 0.3) is 0 Å². The fourth-order valence-corrected chi connectivity index (χ4v) is 1.85. The lowest BCUT2D eigenvalue weighted by Crippen LogP contribution is -2.38. The second kappa shape index (κ2) is 6.73. The van der Waals surface area contributed by atoms with Gasteiger partial charge in [-0.15, -0.1) is 0 Å². The van der Waals surface area contributed by atoms with Gasteiger partial charge in [-0.05, 0) is 31.5 Å². The largest absolute Gasteiger partial charge is 0.491 e. The Labute approximate surface area is 109 Å². The smallest absolute Gasteiger partial charge is 0.120 e. The molecule has 0 saturated heterocycles. The number of hydrogen-bond acceptors (Lipinski definition) is 4. The Bertz CT molecular complexity index is 366. The van der Waals surface area contributed by atoms with Crippen LogP contribution in [0.25, 0.3) is 0 Å². The molecule has 4 heteroatoms. The van der Waals surface area contributed by atoms with Crippen molar-refractivity contribution in [2.45, 2.75) is 38.6 Å². The molecule has 2 unspecified atom stereocenters. The first kappa shape index (κ1) is 15.0. The number of aliphatic hydroxyl groups is 1. The topological polar surface area (TPSA) is 64.7 Å². The van der Waals surface area contributed by atoms with Crippen molar-refractivity contribution in [3.63, 3.8) is 0 Å². The van der Waals surface area contributed by atoms with E-state index in [2.05, 4.69) is 0 Å². The number of methoxy groups -OCH3 is 1. The van der Waals surface area contributed by atoms with Crippen molar-refractivity contribution in [1.82, 2.24) is 0 Å². The van der Waals surface area contributed by atoms with Crippen molar-refractivity contribution >= 4 is 0 Å². The van der Waals surface area contributed by atoms with Gasteiger partial charge < -0.3 is 20.3 Å². The highest BCUT2D eigenvalue weighted by Gasteiger charge is 2.22. The third-order valence-electron chi connectivity index (χ3n) is 2.71. The maximum absolute atomic E-state index is 9.89. The van der Waals surface area contributed by atoms with E-state index < -0.39 is 5.60 Å². The van der Waals surface area contributed by atoms with E-state index in [0.717, 1.165) is 11.3 Å². The van der Waals surface area contributed by atoms with Crippen LogP contribution in [-0.2, 0) is 11.3 Å². The van der Waals surface area contributed by atoms with Gasteiger partial charge in [-0.25, -0.2) is 0 Å². The SMILES string of the molecule is COCc1cccc(OC(C)CC(C)(O)CN)c1. The van der Waals surface area contributed by atoms with Crippen LogP contribution in [0, 0.1) is 0 Å². The fourth-order valence-electron chi connectivity index (χ4n) is 1.85. The molecule has 2 atom stereocenters. The van der Waals surface area contributed by atoms with Gasteiger partial charge in [-0.3, -0.25) is 0 Å². The molecule has 0 radical (unpaired) electrons. The molecule has 0 saturated carbocycles. The first-order chi connectivity index (χ1) is 8.46. The maximum atomic E-state index is 9.89. The lowest BCUT2D eigenvalue weighted by Gasteiger charge is -2.25. The Kier molecular flexibility index (Phi) is 5.59. The van der Waals surface area contributed by atoms with Gasteiger partial charge in [0.2, 0.25) is 0 Å². The zero-order valence-electron chi connectivity index (χ0n) is 11.3. The highest BCUT2D eigenvalue weighted by Crippen LogP contribution is 2.19. The Hall–Kier alpha value is -1.10.